The number of carbonyl (C=O) groups excluding carboxylic acids is 1. The molecule has 0 aliphatic heterocycles. The van der Waals surface area contributed by atoms with Crippen molar-refractivity contribution in [3.8, 4) is 11.3 Å². The average Bonchev–Trinajstić information content (AvgIpc) is 2.79. The van der Waals surface area contributed by atoms with E-state index in [1.165, 1.54) is 12.1 Å². The van der Waals surface area contributed by atoms with Crippen molar-refractivity contribution in [2.24, 2.45) is 5.73 Å². The van der Waals surface area contributed by atoms with Gasteiger partial charge < -0.3 is 16.2 Å². The van der Waals surface area contributed by atoms with Crippen molar-refractivity contribution in [2.45, 2.75) is 31.9 Å². The summed E-state index contributed by atoms with van der Waals surface area (Å²) in [6, 6.07) is 17.0. The molecule has 0 fully saturated rings. The van der Waals surface area contributed by atoms with Gasteiger partial charge in [-0.15, -0.1) is 0 Å². The Hall–Kier alpha value is -2.64. The first-order chi connectivity index (χ1) is 15.0. The topological polar surface area (TPSA) is 88.2 Å². The molecule has 168 valence electrons. The Morgan fingerprint density at radius 2 is 1.81 bits per heavy atom. The lowest BCUT2D eigenvalue weighted by Crippen LogP contribution is -2.40. The number of Topliss-reactive ketones (excluding diaryl/α,β-unsaturated/α-hetero) is 1. The Morgan fingerprint density at radius 3 is 2.44 bits per heavy atom. The smallest absolute Gasteiger partial charge is 0.176 e. The number of aromatic nitrogens is 1. The highest BCUT2D eigenvalue weighted by atomic mass is 35.5. The van der Waals surface area contributed by atoms with E-state index in [-0.39, 0.29) is 23.9 Å². The zero-order valence-electron chi connectivity index (χ0n) is 18.3. The van der Waals surface area contributed by atoms with E-state index in [0.29, 0.717) is 22.5 Å². The maximum Gasteiger partial charge on any atom is 0.176 e. The summed E-state index contributed by atoms with van der Waals surface area (Å²) >= 11 is 5.97. The summed E-state index contributed by atoms with van der Waals surface area (Å²) in [4.78, 5) is 17.1. The van der Waals surface area contributed by atoms with Gasteiger partial charge in [-0.1, -0.05) is 41.9 Å². The molecule has 7 heteroatoms. The lowest BCUT2D eigenvalue weighted by atomic mass is 9.89. The Morgan fingerprint density at radius 1 is 1.12 bits per heavy atom. The van der Waals surface area contributed by atoms with Gasteiger partial charge in [-0.05, 0) is 56.7 Å². The summed E-state index contributed by atoms with van der Waals surface area (Å²) in [5.41, 5.74) is 6.65. The van der Waals surface area contributed by atoms with E-state index in [4.69, 9.17) is 17.3 Å². The number of benzene rings is 2. The lowest BCUT2D eigenvalue weighted by Gasteiger charge is -2.30. The Balaban J connectivity index is 1.98. The second-order valence-corrected chi connectivity index (χ2v) is 8.91. The standard InChI is InChI=1S/C25H27ClFN3O2/c1-24(2,29-14-22(31)16-7-5-4-6-8-16)18-12-21(17-9-10-20(27)19(26)11-17)30-23(13-18)25(3,32)15-28/h4-13,29,32H,14-15,28H2,1-3H3. The predicted molar refractivity (Wildman–Crippen MR) is 125 cm³/mol. The van der Waals surface area contributed by atoms with Gasteiger partial charge in [0.15, 0.2) is 5.78 Å². The van der Waals surface area contributed by atoms with Gasteiger partial charge in [0.05, 0.1) is 23.0 Å². The number of halogens is 2. The molecule has 4 N–H and O–H groups in total. The molecule has 0 radical (unpaired) electrons. The second kappa shape index (κ2) is 9.46. The quantitative estimate of drug-likeness (QED) is 0.438. The number of nitrogens with one attached hydrogen (secondary N) is 1. The largest absolute Gasteiger partial charge is 0.383 e. The number of carbonyl (C=O) groups is 1. The summed E-state index contributed by atoms with van der Waals surface area (Å²) in [6.45, 7) is 5.54. The van der Waals surface area contributed by atoms with Crippen LogP contribution >= 0.6 is 11.6 Å². The van der Waals surface area contributed by atoms with Crippen LogP contribution in [0.4, 0.5) is 4.39 Å². The molecule has 0 amide bonds. The highest BCUT2D eigenvalue weighted by Crippen LogP contribution is 2.31. The van der Waals surface area contributed by atoms with E-state index in [2.05, 4.69) is 10.3 Å². The molecule has 2 aromatic carbocycles. The van der Waals surface area contributed by atoms with Crippen LogP contribution in [0.1, 0.15) is 42.4 Å². The fourth-order valence-corrected chi connectivity index (χ4v) is 3.39. The SMILES string of the molecule is CC(O)(CN)c1cc(C(C)(C)NCC(=O)c2ccccc2)cc(-c2ccc(F)c(Cl)c2)n1. The van der Waals surface area contributed by atoms with Gasteiger partial charge >= 0.3 is 0 Å². The normalized spacial score (nSPS) is 13.6. The van der Waals surface area contributed by atoms with E-state index < -0.39 is 17.0 Å². The number of aliphatic hydroxyl groups is 1. The van der Waals surface area contributed by atoms with Gasteiger partial charge in [0, 0.05) is 23.2 Å². The Kier molecular flexibility index (Phi) is 7.10. The average molecular weight is 456 g/mol. The third-order valence-electron chi connectivity index (χ3n) is 5.50. The molecule has 1 aromatic heterocycles. The number of hydrogen-bond acceptors (Lipinski definition) is 5. The number of pyridine rings is 1. The first-order valence-electron chi connectivity index (χ1n) is 10.3. The summed E-state index contributed by atoms with van der Waals surface area (Å²) in [5, 5.41) is 14.0. The molecule has 0 bridgehead atoms. The van der Waals surface area contributed by atoms with Crippen molar-refractivity contribution in [2.75, 3.05) is 13.1 Å². The van der Waals surface area contributed by atoms with Crippen LogP contribution in [0.25, 0.3) is 11.3 Å². The molecular weight excluding hydrogens is 429 g/mol. The molecule has 1 atom stereocenters. The van der Waals surface area contributed by atoms with Crippen molar-refractivity contribution in [3.63, 3.8) is 0 Å². The van der Waals surface area contributed by atoms with Crippen molar-refractivity contribution < 1.29 is 14.3 Å². The highest BCUT2D eigenvalue weighted by molar-refractivity contribution is 6.31. The van der Waals surface area contributed by atoms with Crippen LogP contribution in [-0.2, 0) is 11.1 Å². The van der Waals surface area contributed by atoms with Crippen LogP contribution in [-0.4, -0.2) is 29.0 Å². The summed E-state index contributed by atoms with van der Waals surface area (Å²) in [5.74, 6) is -0.561. The number of nitrogens with two attached hydrogens (primary N) is 1. The monoisotopic (exact) mass is 455 g/mol. The number of nitrogens with zero attached hydrogens (tertiary/aromatic N) is 1. The van der Waals surface area contributed by atoms with Crippen molar-refractivity contribution in [1.29, 1.82) is 0 Å². The van der Waals surface area contributed by atoms with Crippen LogP contribution in [0.15, 0.2) is 60.7 Å². The van der Waals surface area contributed by atoms with Crippen molar-refractivity contribution in [1.82, 2.24) is 10.3 Å². The molecule has 5 nitrogen and oxygen atoms in total. The van der Waals surface area contributed by atoms with E-state index in [0.717, 1.165) is 5.56 Å². The zero-order chi connectivity index (χ0) is 23.5. The minimum atomic E-state index is -1.37. The molecule has 0 spiro atoms. The lowest BCUT2D eigenvalue weighted by molar-refractivity contribution is 0.0621. The fraction of sp³-hybridized carbons (Fsp3) is 0.280. The van der Waals surface area contributed by atoms with Gasteiger partial charge in [-0.25, -0.2) is 9.37 Å². The zero-order valence-corrected chi connectivity index (χ0v) is 19.1. The molecule has 32 heavy (non-hydrogen) atoms. The fourth-order valence-electron chi connectivity index (χ4n) is 3.20. The first kappa shape index (κ1) is 24.0. The Bertz CT molecular complexity index is 1120. The summed E-state index contributed by atoms with van der Waals surface area (Å²) in [6.07, 6.45) is 0. The maximum atomic E-state index is 13.7. The van der Waals surface area contributed by atoms with Crippen LogP contribution < -0.4 is 11.1 Å². The summed E-state index contributed by atoms with van der Waals surface area (Å²) < 4.78 is 13.7. The summed E-state index contributed by atoms with van der Waals surface area (Å²) in [7, 11) is 0. The van der Waals surface area contributed by atoms with Crippen LogP contribution in [0.3, 0.4) is 0 Å². The van der Waals surface area contributed by atoms with Crippen LogP contribution in [0, 0.1) is 5.82 Å². The van der Waals surface area contributed by atoms with Crippen molar-refractivity contribution >= 4 is 17.4 Å². The second-order valence-electron chi connectivity index (χ2n) is 8.50. The minimum Gasteiger partial charge on any atom is -0.383 e. The molecular formula is C25H27ClFN3O2. The third-order valence-corrected chi connectivity index (χ3v) is 5.79. The van der Waals surface area contributed by atoms with Crippen molar-refractivity contribution in [3.05, 3.63) is 88.3 Å². The molecule has 1 heterocycles. The Labute approximate surface area is 192 Å². The van der Waals surface area contributed by atoms with Crippen LogP contribution in [0.5, 0.6) is 0 Å². The molecule has 0 aliphatic carbocycles. The highest BCUT2D eigenvalue weighted by Gasteiger charge is 2.28. The van der Waals surface area contributed by atoms with Crippen LogP contribution in [0.2, 0.25) is 5.02 Å². The molecule has 1 unspecified atom stereocenters. The molecule has 3 aromatic rings. The van der Waals surface area contributed by atoms with E-state index in [1.807, 2.05) is 38.1 Å². The predicted octanol–water partition coefficient (Wildman–Crippen LogP) is 4.41. The van der Waals surface area contributed by atoms with Gasteiger partial charge in [-0.2, -0.15) is 0 Å². The number of hydrogen-bond donors (Lipinski definition) is 3. The van der Waals surface area contributed by atoms with E-state index in [1.54, 1.807) is 31.2 Å². The first-order valence-corrected chi connectivity index (χ1v) is 10.7. The third kappa shape index (κ3) is 5.40. The molecule has 3 rings (SSSR count). The van der Waals surface area contributed by atoms with E-state index in [9.17, 15) is 14.3 Å². The molecule has 0 saturated heterocycles. The van der Waals surface area contributed by atoms with Gasteiger partial charge in [0.25, 0.3) is 0 Å². The molecule has 0 aliphatic rings. The maximum absolute atomic E-state index is 13.7. The van der Waals surface area contributed by atoms with Gasteiger partial charge in [-0.3, -0.25) is 4.79 Å². The van der Waals surface area contributed by atoms with E-state index >= 15 is 0 Å². The van der Waals surface area contributed by atoms with Gasteiger partial charge in [0.1, 0.15) is 11.4 Å². The van der Waals surface area contributed by atoms with Gasteiger partial charge in [0.2, 0.25) is 0 Å². The minimum absolute atomic E-state index is 0.0207. The number of rotatable bonds is 8. The number of ketones is 1. The molecule has 0 saturated carbocycles.